The van der Waals surface area contributed by atoms with Crippen LogP contribution in [0.25, 0.3) is 11.0 Å². The summed E-state index contributed by atoms with van der Waals surface area (Å²) in [6.45, 7) is 12.2. The molecule has 0 radical (unpaired) electrons. The van der Waals surface area contributed by atoms with Gasteiger partial charge in [-0.25, -0.2) is 4.98 Å². The molecule has 1 unspecified atom stereocenters. The highest BCUT2D eigenvalue weighted by Gasteiger charge is 2.30. The zero-order chi connectivity index (χ0) is 17.3. The molecule has 1 aromatic carbocycles. The number of benzene rings is 1. The maximum absolute atomic E-state index is 5.06. The van der Waals surface area contributed by atoms with Gasteiger partial charge in [0.1, 0.15) is 5.82 Å². The van der Waals surface area contributed by atoms with E-state index in [-0.39, 0.29) is 0 Å². The van der Waals surface area contributed by atoms with Gasteiger partial charge in [-0.3, -0.25) is 4.90 Å². The van der Waals surface area contributed by atoms with E-state index in [4.69, 9.17) is 4.98 Å². The van der Waals surface area contributed by atoms with Gasteiger partial charge in [0.25, 0.3) is 0 Å². The molecule has 0 spiro atoms. The lowest BCUT2D eigenvalue weighted by molar-refractivity contribution is 0.110. The normalized spacial score (nSPS) is 23.7. The van der Waals surface area contributed by atoms with Gasteiger partial charge in [0, 0.05) is 36.2 Å². The Morgan fingerprint density at radius 1 is 1.25 bits per heavy atom. The van der Waals surface area contributed by atoms with E-state index in [2.05, 4.69) is 76.6 Å². The summed E-state index contributed by atoms with van der Waals surface area (Å²) in [6, 6.07) is 7.89. The number of rotatable bonds is 5. The second kappa shape index (κ2) is 7.54. The zero-order valence-corrected chi connectivity index (χ0v) is 16.8. The van der Waals surface area contributed by atoms with Gasteiger partial charge in [0.2, 0.25) is 0 Å². The first-order valence-electron chi connectivity index (χ1n) is 9.19. The third-order valence-corrected chi connectivity index (χ3v) is 5.44. The highest BCUT2D eigenvalue weighted by Crippen LogP contribution is 2.31. The Balaban J connectivity index is 2.03. The summed E-state index contributed by atoms with van der Waals surface area (Å²) >= 11 is 3.58. The molecule has 1 saturated heterocycles. The zero-order valence-electron chi connectivity index (χ0n) is 15.2. The van der Waals surface area contributed by atoms with Crippen LogP contribution in [0.5, 0.6) is 0 Å². The van der Waals surface area contributed by atoms with Crippen LogP contribution in [0.3, 0.4) is 0 Å². The molecule has 0 aliphatic carbocycles. The largest absolute Gasteiger partial charge is 0.327 e. The summed E-state index contributed by atoms with van der Waals surface area (Å²) in [6.07, 6.45) is 2.33. The van der Waals surface area contributed by atoms with Crippen molar-refractivity contribution in [1.82, 2.24) is 19.8 Å². The fourth-order valence-electron chi connectivity index (χ4n) is 4.08. The minimum Gasteiger partial charge on any atom is -0.327 e. The number of fused-ring (bicyclic) bond motifs is 1. The maximum Gasteiger partial charge on any atom is 0.127 e. The van der Waals surface area contributed by atoms with Gasteiger partial charge in [0.05, 0.1) is 17.1 Å². The fraction of sp³-hybridized carbons (Fsp3) is 0.632. The fourth-order valence-corrected chi connectivity index (χ4v) is 4.43. The van der Waals surface area contributed by atoms with Crippen molar-refractivity contribution in [3.05, 3.63) is 28.5 Å². The van der Waals surface area contributed by atoms with Crippen molar-refractivity contribution in [3.63, 3.8) is 0 Å². The summed E-state index contributed by atoms with van der Waals surface area (Å²) in [7, 11) is 0. The SMILES string of the molecule is CCCC(c1nc2cc(Br)ccc2n1CC)N1C[C@@H](C)N[C@@H](C)C1. The first-order valence-corrected chi connectivity index (χ1v) is 9.98. The van der Waals surface area contributed by atoms with E-state index in [9.17, 15) is 0 Å². The maximum atomic E-state index is 5.06. The van der Waals surface area contributed by atoms with Crippen LogP contribution < -0.4 is 5.32 Å². The van der Waals surface area contributed by atoms with E-state index in [1.165, 1.54) is 17.8 Å². The number of nitrogens with one attached hydrogen (secondary N) is 1. The molecule has 1 fully saturated rings. The van der Waals surface area contributed by atoms with E-state index in [0.29, 0.717) is 18.1 Å². The van der Waals surface area contributed by atoms with Crippen LogP contribution >= 0.6 is 15.9 Å². The second-order valence-electron chi connectivity index (χ2n) is 7.07. The van der Waals surface area contributed by atoms with Crippen molar-refractivity contribution in [2.45, 2.75) is 65.2 Å². The van der Waals surface area contributed by atoms with Gasteiger partial charge in [-0.05, 0) is 45.4 Å². The lowest BCUT2D eigenvalue weighted by Gasteiger charge is -2.40. The highest BCUT2D eigenvalue weighted by atomic mass is 79.9. The van der Waals surface area contributed by atoms with Crippen molar-refractivity contribution >= 4 is 27.0 Å². The predicted molar refractivity (Wildman–Crippen MR) is 104 cm³/mol. The Morgan fingerprint density at radius 3 is 2.58 bits per heavy atom. The summed E-state index contributed by atoms with van der Waals surface area (Å²) in [5.41, 5.74) is 2.34. The number of nitrogens with zero attached hydrogens (tertiary/aromatic N) is 3. The average molecular weight is 393 g/mol. The molecule has 1 aromatic heterocycles. The molecule has 2 heterocycles. The molecule has 1 N–H and O–H groups in total. The number of halogens is 1. The molecule has 0 saturated carbocycles. The molecule has 0 amide bonds. The summed E-state index contributed by atoms with van der Waals surface area (Å²) in [4.78, 5) is 7.70. The third kappa shape index (κ3) is 3.53. The first kappa shape index (κ1) is 17.9. The van der Waals surface area contributed by atoms with Gasteiger partial charge in [-0.15, -0.1) is 0 Å². The van der Waals surface area contributed by atoms with Crippen molar-refractivity contribution in [3.8, 4) is 0 Å². The quantitative estimate of drug-likeness (QED) is 0.820. The van der Waals surface area contributed by atoms with E-state index in [0.717, 1.165) is 36.0 Å². The molecule has 0 bridgehead atoms. The van der Waals surface area contributed by atoms with E-state index >= 15 is 0 Å². The van der Waals surface area contributed by atoms with E-state index in [1.807, 2.05) is 0 Å². The lowest BCUT2D eigenvalue weighted by Crippen LogP contribution is -2.55. The lowest BCUT2D eigenvalue weighted by atomic mass is 10.0. The summed E-state index contributed by atoms with van der Waals surface area (Å²) in [5.74, 6) is 1.23. The average Bonchev–Trinajstić information content (AvgIpc) is 2.88. The smallest absolute Gasteiger partial charge is 0.127 e. The number of hydrogen-bond donors (Lipinski definition) is 1. The number of aryl methyl sites for hydroxylation is 1. The molecule has 3 rings (SSSR count). The molecule has 3 atom stereocenters. The molecule has 132 valence electrons. The predicted octanol–water partition coefficient (Wildman–Crippen LogP) is 4.34. The van der Waals surface area contributed by atoms with Crippen LogP contribution in [0.4, 0.5) is 0 Å². The molecule has 1 aliphatic heterocycles. The molecule has 1 aliphatic rings. The minimum atomic E-state index is 0.396. The van der Waals surface area contributed by atoms with Crippen LogP contribution in [0.2, 0.25) is 0 Å². The van der Waals surface area contributed by atoms with Crippen LogP contribution in [0.15, 0.2) is 22.7 Å². The number of imidazole rings is 1. The Hall–Kier alpha value is -0.910. The van der Waals surface area contributed by atoms with Crippen molar-refractivity contribution < 1.29 is 0 Å². The Kier molecular flexibility index (Phi) is 5.63. The molecular formula is C19H29BrN4. The topological polar surface area (TPSA) is 33.1 Å². The number of aromatic nitrogens is 2. The van der Waals surface area contributed by atoms with Crippen LogP contribution in [-0.4, -0.2) is 39.6 Å². The van der Waals surface area contributed by atoms with Crippen LogP contribution in [-0.2, 0) is 6.54 Å². The summed E-state index contributed by atoms with van der Waals surface area (Å²) < 4.78 is 3.50. The third-order valence-electron chi connectivity index (χ3n) is 4.94. The van der Waals surface area contributed by atoms with Gasteiger partial charge in [0.15, 0.2) is 0 Å². The van der Waals surface area contributed by atoms with E-state index in [1.54, 1.807) is 0 Å². The number of piperazine rings is 1. The second-order valence-corrected chi connectivity index (χ2v) is 7.99. The Morgan fingerprint density at radius 2 is 1.96 bits per heavy atom. The highest BCUT2D eigenvalue weighted by molar-refractivity contribution is 9.10. The first-order chi connectivity index (χ1) is 11.5. The molecule has 5 heteroatoms. The monoisotopic (exact) mass is 392 g/mol. The molecule has 24 heavy (non-hydrogen) atoms. The van der Waals surface area contributed by atoms with Crippen LogP contribution in [0.1, 0.15) is 52.4 Å². The molecule has 4 nitrogen and oxygen atoms in total. The summed E-state index contributed by atoms with van der Waals surface area (Å²) in [5, 5.41) is 3.65. The standard InChI is InChI=1S/C19H29BrN4/c1-5-7-18(23-11-13(3)21-14(4)12-23)19-22-16-10-15(20)8-9-17(16)24(19)6-2/h8-10,13-14,18,21H,5-7,11-12H2,1-4H3/t13-,14+,18?. The van der Waals surface area contributed by atoms with Gasteiger partial charge < -0.3 is 9.88 Å². The minimum absolute atomic E-state index is 0.396. The van der Waals surface area contributed by atoms with Crippen molar-refractivity contribution in [1.29, 1.82) is 0 Å². The molecule has 2 aromatic rings. The van der Waals surface area contributed by atoms with Gasteiger partial charge in [-0.1, -0.05) is 29.3 Å². The van der Waals surface area contributed by atoms with Crippen LogP contribution in [0, 0.1) is 0 Å². The number of hydrogen-bond acceptors (Lipinski definition) is 3. The van der Waals surface area contributed by atoms with Crippen molar-refractivity contribution in [2.24, 2.45) is 0 Å². The van der Waals surface area contributed by atoms with Gasteiger partial charge in [-0.2, -0.15) is 0 Å². The Bertz CT molecular complexity index is 686. The van der Waals surface area contributed by atoms with Crippen molar-refractivity contribution in [2.75, 3.05) is 13.1 Å². The Labute approximate surface area is 153 Å². The molecular weight excluding hydrogens is 364 g/mol. The van der Waals surface area contributed by atoms with Gasteiger partial charge >= 0.3 is 0 Å². The van der Waals surface area contributed by atoms with E-state index < -0.39 is 0 Å².